The number of aromatic nitrogens is 2. The molecule has 3 heteroatoms. The summed E-state index contributed by atoms with van der Waals surface area (Å²) in [5.41, 5.74) is 6.26. The third-order valence-electron chi connectivity index (χ3n) is 6.13. The molecule has 0 fully saturated rings. The van der Waals surface area contributed by atoms with Gasteiger partial charge in [0.05, 0.1) is 11.2 Å². The molecule has 0 N–H and O–H groups in total. The van der Waals surface area contributed by atoms with Crippen molar-refractivity contribution in [3.05, 3.63) is 84.2 Å². The maximum atomic E-state index is 4.83. The highest BCUT2D eigenvalue weighted by Crippen LogP contribution is 2.34. The Morgan fingerprint density at radius 2 is 1.52 bits per heavy atom. The van der Waals surface area contributed by atoms with Crippen molar-refractivity contribution in [2.45, 2.75) is 25.7 Å². The molecule has 142 valence electrons. The summed E-state index contributed by atoms with van der Waals surface area (Å²) in [7, 11) is 0. The van der Waals surface area contributed by atoms with E-state index in [-0.39, 0.29) is 12.4 Å². The number of fused-ring (bicyclic) bond motifs is 6. The van der Waals surface area contributed by atoms with Gasteiger partial charge >= 0.3 is 0 Å². The van der Waals surface area contributed by atoms with Crippen LogP contribution >= 0.6 is 12.4 Å². The summed E-state index contributed by atoms with van der Waals surface area (Å²) in [4.78, 5) is 9.01. The van der Waals surface area contributed by atoms with E-state index in [9.17, 15) is 0 Å². The molecule has 0 amide bonds. The first-order chi connectivity index (χ1) is 13.9. The molecular weight excluding hydrogens is 376 g/mol. The first kappa shape index (κ1) is 18.1. The first-order valence-corrected chi connectivity index (χ1v) is 10.1. The molecule has 0 bridgehead atoms. The van der Waals surface area contributed by atoms with E-state index in [1.54, 1.807) is 17.3 Å². The molecule has 6 rings (SSSR count). The average Bonchev–Trinajstić information content (AvgIpc) is 2.78. The van der Waals surface area contributed by atoms with Crippen LogP contribution in [0.4, 0.5) is 0 Å². The van der Waals surface area contributed by atoms with Crippen LogP contribution in [0.25, 0.3) is 43.7 Å². The molecule has 0 spiro atoms. The fraction of sp³-hybridized carbons (Fsp3) is 0.154. The summed E-state index contributed by atoms with van der Waals surface area (Å²) in [5, 5.41) is 6.50. The number of aryl methyl sites for hydroxylation is 2. The molecule has 2 nitrogen and oxygen atoms in total. The van der Waals surface area contributed by atoms with Crippen molar-refractivity contribution in [2.75, 3.05) is 0 Å². The Morgan fingerprint density at radius 1 is 0.690 bits per heavy atom. The highest BCUT2D eigenvalue weighted by molar-refractivity contribution is 6.09. The molecule has 29 heavy (non-hydrogen) atoms. The molecule has 2 heterocycles. The number of hydrogen-bond donors (Lipinski definition) is 0. The summed E-state index contributed by atoms with van der Waals surface area (Å²) in [6, 6.07) is 22.2. The van der Waals surface area contributed by atoms with Gasteiger partial charge in [0, 0.05) is 23.3 Å². The van der Waals surface area contributed by atoms with Gasteiger partial charge in [-0.1, -0.05) is 36.4 Å². The van der Waals surface area contributed by atoms with Crippen molar-refractivity contribution in [3.63, 3.8) is 0 Å². The van der Waals surface area contributed by atoms with E-state index in [4.69, 9.17) is 4.98 Å². The molecule has 3 aromatic carbocycles. The number of benzene rings is 3. The molecule has 0 saturated heterocycles. The van der Waals surface area contributed by atoms with E-state index in [1.165, 1.54) is 47.2 Å². The van der Waals surface area contributed by atoms with E-state index in [0.717, 1.165) is 22.2 Å². The Balaban J connectivity index is 0.00000181. The van der Waals surface area contributed by atoms with E-state index in [0.29, 0.717) is 0 Å². The minimum absolute atomic E-state index is 0. The predicted octanol–water partition coefficient (Wildman–Crippen LogP) is 6.90. The minimum atomic E-state index is 0. The third-order valence-corrected chi connectivity index (χ3v) is 6.13. The molecule has 1 aliphatic carbocycles. The van der Waals surface area contributed by atoms with Crippen LogP contribution in [0.2, 0.25) is 0 Å². The summed E-state index contributed by atoms with van der Waals surface area (Å²) in [6.45, 7) is 0. The first-order valence-electron chi connectivity index (χ1n) is 10.1. The smallest absolute Gasteiger partial charge is 0.0740 e. The van der Waals surface area contributed by atoms with Crippen molar-refractivity contribution in [1.82, 2.24) is 9.97 Å². The molecule has 5 aromatic rings. The Morgan fingerprint density at radius 3 is 2.48 bits per heavy atom. The lowest BCUT2D eigenvalue weighted by Crippen LogP contribution is -2.03. The van der Waals surface area contributed by atoms with Gasteiger partial charge < -0.3 is 0 Å². The van der Waals surface area contributed by atoms with Crippen LogP contribution in [-0.4, -0.2) is 9.97 Å². The number of halogens is 1. The van der Waals surface area contributed by atoms with Gasteiger partial charge in [-0.3, -0.25) is 4.98 Å². The van der Waals surface area contributed by atoms with Gasteiger partial charge in [-0.05, 0) is 82.6 Å². The predicted molar refractivity (Wildman–Crippen MR) is 124 cm³/mol. The number of hydrogen-bond acceptors (Lipinski definition) is 2. The van der Waals surface area contributed by atoms with E-state index >= 15 is 0 Å². The van der Waals surface area contributed by atoms with Gasteiger partial charge in [-0.15, -0.1) is 12.4 Å². The molecule has 0 unspecified atom stereocenters. The van der Waals surface area contributed by atoms with Gasteiger partial charge in [0.25, 0.3) is 0 Å². The molecular formula is C26H21ClN2. The monoisotopic (exact) mass is 396 g/mol. The Hall–Kier alpha value is -2.97. The van der Waals surface area contributed by atoms with Crippen molar-refractivity contribution in [2.24, 2.45) is 0 Å². The highest BCUT2D eigenvalue weighted by atomic mass is 35.5. The van der Waals surface area contributed by atoms with E-state index in [2.05, 4.69) is 59.6 Å². The van der Waals surface area contributed by atoms with Crippen LogP contribution in [0.15, 0.2) is 73.1 Å². The molecule has 0 saturated carbocycles. The van der Waals surface area contributed by atoms with Crippen LogP contribution in [-0.2, 0) is 12.8 Å². The van der Waals surface area contributed by atoms with Crippen LogP contribution in [0.5, 0.6) is 0 Å². The normalized spacial score (nSPS) is 13.4. The average molecular weight is 397 g/mol. The number of nitrogens with zero attached hydrogens (tertiary/aromatic N) is 2. The van der Waals surface area contributed by atoms with Crippen molar-refractivity contribution < 1.29 is 0 Å². The molecule has 1 aliphatic rings. The lowest BCUT2D eigenvalue weighted by Gasteiger charge is -2.19. The fourth-order valence-corrected chi connectivity index (χ4v) is 4.69. The minimum Gasteiger partial charge on any atom is -0.264 e. The summed E-state index contributed by atoms with van der Waals surface area (Å²) in [5.74, 6) is 0. The summed E-state index contributed by atoms with van der Waals surface area (Å²) in [6.07, 6.45) is 8.74. The Labute approximate surface area is 176 Å². The molecule has 2 aromatic heterocycles. The van der Waals surface area contributed by atoms with Crippen LogP contribution in [0.3, 0.4) is 0 Å². The number of pyridine rings is 2. The van der Waals surface area contributed by atoms with Gasteiger partial charge in [-0.25, -0.2) is 4.98 Å². The Kier molecular flexibility index (Phi) is 4.44. The second-order valence-electron chi connectivity index (χ2n) is 7.77. The second kappa shape index (κ2) is 7.13. The van der Waals surface area contributed by atoms with Crippen LogP contribution in [0.1, 0.15) is 24.0 Å². The van der Waals surface area contributed by atoms with Crippen molar-refractivity contribution >= 4 is 44.9 Å². The fourth-order valence-electron chi connectivity index (χ4n) is 4.69. The second-order valence-corrected chi connectivity index (χ2v) is 7.77. The van der Waals surface area contributed by atoms with Gasteiger partial charge in [0.15, 0.2) is 0 Å². The molecule has 0 atom stereocenters. The lowest BCUT2D eigenvalue weighted by molar-refractivity contribution is 0.690. The topological polar surface area (TPSA) is 25.8 Å². The SMILES string of the molecule is Cl.c1cc2nc(-c3ccc4c(ccc5c6c(ccc54)CCCC6)c3)ccc2cn1. The zero-order valence-corrected chi connectivity index (χ0v) is 16.9. The van der Waals surface area contributed by atoms with Crippen molar-refractivity contribution in [3.8, 4) is 11.3 Å². The quantitative estimate of drug-likeness (QED) is 0.288. The van der Waals surface area contributed by atoms with Crippen LogP contribution in [0, 0.1) is 0 Å². The van der Waals surface area contributed by atoms with Gasteiger partial charge in [-0.2, -0.15) is 0 Å². The van der Waals surface area contributed by atoms with Crippen LogP contribution < -0.4 is 0 Å². The van der Waals surface area contributed by atoms with E-state index in [1.807, 2.05) is 12.3 Å². The number of rotatable bonds is 1. The largest absolute Gasteiger partial charge is 0.264 e. The Bertz CT molecular complexity index is 1370. The van der Waals surface area contributed by atoms with E-state index < -0.39 is 0 Å². The molecule has 0 aliphatic heterocycles. The van der Waals surface area contributed by atoms with Gasteiger partial charge in [0.2, 0.25) is 0 Å². The third kappa shape index (κ3) is 2.95. The zero-order chi connectivity index (χ0) is 18.5. The van der Waals surface area contributed by atoms with Gasteiger partial charge in [0.1, 0.15) is 0 Å². The maximum Gasteiger partial charge on any atom is 0.0740 e. The van der Waals surface area contributed by atoms with Crippen molar-refractivity contribution in [1.29, 1.82) is 0 Å². The molecule has 0 radical (unpaired) electrons. The summed E-state index contributed by atoms with van der Waals surface area (Å²) < 4.78 is 0. The lowest BCUT2D eigenvalue weighted by atomic mass is 9.86. The summed E-state index contributed by atoms with van der Waals surface area (Å²) >= 11 is 0. The standard InChI is InChI=1S/C26H20N2.ClH/c1-2-4-21-17(3-1)5-10-24-22-9-7-19(15-18(22)6-11-23(21)24)25-12-8-20-16-27-14-13-26(20)28-25;/h5-16H,1-4H2;1H. The highest BCUT2D eigenvalue weighted by Gasteiger charge is 2.14. The zero-order valence-electron chi connectivity index (χ0n) is 16.1. The maximum absolute atomic E-state index is 4.83.